The van der Waals surface area contributed by atoms with Crippen LogP contribution in [0.3, 0.4) is 0 Å². The van der Waals surface area contributed by atoms with E-state index >= 15 is 0 Å². The Kier molecular flexibility index (Phi) is 4.29. The molecule has 4 rings (SSSR count). The number of nitrogens with zero attached hydrogens (tertiary/aromatic N) is 3. The molecule has 25 heavy (non-hydrogen) atoms. The molecule has 1 saturated heterocycles. The molecule has 2 aromatic heterocycles. The van der Waals surface area contributed by atoms with E-state index in [0.717, 1.165) is 50.9 Å². The van der Waals surface area contributed by atoms with Gasteiger partial charge in [-0.2, -0.15) is 5.10 Å². The first kappa shape index (κ1) is 16.6. The van der Waals surface area contributed by atoms with Crippen LogP contribution in [-0.4, -0.2) is 33.7 Å². The average molecular weight is 374 g/mol. The quantitative estimate of drug-likeness (QED) is 0.673. The molecule has 0 saturated carbocycles. The molecular formula is C19H20ClN3OS. The van der Waals surface area contributed by atoms with E-state index in [9.17, 15) is 4.79 Å². The molecule has 1 aliphatic rings. The van der Waals surface area contributed by atoms with Crippen molar-refractivity contribution in [3.8, 4) is 0 Å². The van der Waals surface area contributed by atoms with Gasteiger partial charge in [-0.05, 0) is 37.0 Å². The third-order valence-corrected chi connectivity index (χ3v) is 6.31. The van der Waals surface area contributed by atoms with Crippen molar-refractivity contribution in [1.29, 1.82) is 0 Å². The van der Waals surface area contributed by atoms with Crippen molar-refractivity contribution < 1.29 is 4.79 Å². The molecule has 1 aromatic carbocycles. The molecule has 1 aliphatic heterocycles. The first-order valence-electron chi connectivity index (χ1n) is 8.52. The van der Waals surface area contributed by atoms with Crippen molar-refractivity contribution in [2.45, 2.75) is 26.8 Å². The molecule has 0 bridgehead atoms. The number of likely N-dealkylation sites (tertiary alicyclic amines) is 1. The number of fused-ring (bicyclic) bond motifs is 1. The molecule has 0 radical (unpaired) electrons. The van der Waals surface area contributed by atoms with Gasteiger partial charge < -0.3 is 4.90 Å². The summed E-state index contributed by atoms with van der Waals surface area (Å²) in [5, 5.41) is 6.44. The number of amides is 1. The Hall–Kier alpha value is -1.85. The Morgan fingerprint density at radius 2 is 2.20 bits per heavy atom. The molecule has 3 aromatic rings. The Bertz CT molecular complexity index is 945. The minimum atomic E-state index is 0.147. The molecule has 1 unspecified atom stereocenters. The molecule has 0 spiro atoms. The number of halogens is 1. The average Bonchev–Trinajstić information content (AvgIpc) is 3.27. The van der Waals surface area contributed by atoms with Gasteiger partial charge in [0.1, 0.15) is 4.83 Å². The largest absolute Gasteiger partial charge is 0.338 e. The molecule has 6 heteroatoms. The maximum absolute atomic E-state index is 12.8. The summed E-state index contributed by atoms with van der Waals surface area (Å²) in [4.78, 5) is 16.6. The van der Waals surface area contributed by atoms with Crippen molar-refractivity contribution in [3.63, 3.8) is 0 Å². The lowest BCUT2D eigenvalue weighted by Crippen LogP contribution is -2.27. The van der Waals surface area contributed by atoms with Gasteiger partial charge in [-0.3, -0.25) is 9.48 Å². The van der Waals surface area contributed by atoms with Gasteiger partial charge in [0, 0.05) is 23.5 Å². The van der Waals surface area contributed by atoms with Crippen LogP contribution in [0.15, 0.2) is 30.3 Å². The number of aromatic nitrogens is 2. The van der Waals surface area contributed by atoms with E-state index in [1.165, 1.54) is 11.3 Å². The predicted octanol–water partition coefficient (Wildman–Crippen LogP) is 4.59. The van der Waals surface area contributed by atoms with Crippen LogP contribution in [0.25, 0.3) is 10.2 Å². The first-order chi connectivity index (χ1) is 12.0. The van der Waals surface area contributed by atoms with E-state index < -0.39 is 0 Å². The molecule has 130 valence electrons. The van der Waals surface area contributed by atoms with E-state index in [0.29, 0.717) is 12.5 Å². The summed E-state index contributed by atoms with van der Waals surface area (Å²) in [5.41, 5.74) is 1.98. The zero-order valence-corrected chi connectivity index (χ0v) is 15.9. The number of hydrogen-bond donors (Lipinski definition) is 0. The van der Waals surface area contributed by atoms with Crippen molar-refractivity contribution in [2.75, 3.05) is 13.1 Å². The number of hydrogen-bond acceptors (Lipinski definition) is 3. The Morgan fingerprint density at radius 1 is 1.40 bits per heavy atom. The Balaban J connectivity index is 1.67. The van der Waals surface area contributed by atoms with E-state index in [4.69, 9.17) is 11.6 Å². The highest BCUT2D eigenvalue weighted by atomic mass is 35.5. The third-order valence-electron chi connectivity index (χ3n) is 4.81. The fourth-order valence-electron chi connectivity index (χ4n) is 3.39. The number of carbonyl (C=O) groups is 1. The van der Waals surface area contributed by atoms with Gasteiger partial charge in [-0.25, -0.2) is 0 Å². The second kappa shape index (κ2) is 6.46. The second-order valence-corrected chi connectivity index (χ2v) is 8.25. The van der Waals surface area contributed by atoms with Crippen LogP contribution in [0.1, 0.15) is 34.3 Å². The van der Waals surface area contributed by atoms with Crippen LogP contribution in [0.2, 0.25) is 5.02 Å². The number of thiophene rings is 1. The Labute approximate surface area is 156 Å². The van der Waals surface area contributed by atoms with E-state index in [1.807, 2.05) is 46.8 Å². The predicted molar refractivity (Wildman–Crippen MR) is 103 cm³/mol. The summed E-state index contributed by atoms with van der Waals surface area (Å²) in [6.45, 7) is 6.52. The molecule has 4 nitrogen and oxygen atoms in total. The standard InChI is InChI=1S/C19H20ClN3OS/c1-12-7-8-22(10-12)18(24)17-9-15-13(2)21-23(19(15)25-17)11-14-5-3-4-6-16(14)20/h3-6,9,12H,7-8,10-11H2,1-2H3. The lowest BCUT2D eigenvalue weighted by Gasteiger charge is -2.14. The monoisotopic (exact) mass is 373 g/mol. The number of carbonyl (C=O) groups excluding carboxylic acids is 1. The fourth-order valence-corrected chi connectivity index (χ4v) is 4.71. The zero-order valence-electron chi connectivity index (χ0n) is 14.3. The highest BCUT2D eigenvalue weighted by molar-refractivity contribution is 7.20. The highest BCUT2D eigenvalue weighted by Gasteiger charge is 2.26. The van der Waals surface area contributed by atoms with E-state index in [-0.39, 0.29) is 5.91 Å². The fraction of sp³-hybridized carbons (Fsp3) is 0.368. The smallest absolute Gasteiger partial charge is 0.264 e. The van der Waals surface area contributed by atoms with Crippen LogP contribution in [-0.2, 0) is 6.54 Å². The number of aryl methyl sites for hydroxylation is 1. The molecule has 0 N–H and O–H groups in total. The summed E-state index contributed by atoms with van der Waals surface area (Å²) in [7, 11) is 0. The van der Waals surface area contributed by atoms with Gasteiger partial charge in [-0.15, -0.1) is 11.3 Å². The van der Waals surface area contributed by atoms with E-state index in [2.05, 4.69) is 12.0 Å². The van der Waals surface area contributed by atoms with Gasteiger partial charge in [0.05, 0.1) is 17.1 Å². The normalized spacial score (nSPS) is 17.6. The van der Waals surface area contributed by atoms with E-state index in [1.54, 1.807) is 0 Å². The van der Waals surface area contributed by atoms with Crippen LogP contribution < -0.4 is 0 Å². The molecule has 3 heterocycles. The van der Waals surface area contributed by atoms with Gasteiger partial charge in [0.15, 0.2) is 0 Å². The number of benzene rings is 1. The van der Waals surface area contributed by atoms with Crippen LogP contribution in [0, 0.1) is 12.8 Å². The van der Waals surface area contributed by atoms with Crippen molar-refractivity contribution in [2.24, 2.45) is 5.92 Å². The van der Waals surface area contributed by atoms with Gasteiger partial charge >= 0.3 is 0 Å². The molecular weight excluding hydrogens is 354 g/mol. The second-order valence-electron chi connectivity index (χ2n) is 6.81. The van der Waals surface area contributed by atoms with Crippen LogP contribution >= 0.6 is 22.9 Å². The minimum absolute atomic E-state index is 0.147. The van der Waals surface area contributed by atoms with Crippen molar-refractivity contribution in [1.82, 2.24) is 14.7 Å². The summed E-state index contributed by atoms with van der Waals surface area (Å²) in [5.74, 6) is 0.741. The maximum Gasteiger partial charge on any atom is 0.264 e. The summed E-state index contributed by atoms with van der Waals surface area (Å²) < 4.78 is 1.96. The maximum atomic E-state index is 12.8. The zero-order chi connectivity index (χ0) is 17.6. The molecule has 1 atom stereocenters. The van der Waals surface area contributed by atoms with Gasteiger partial charge in [0.2, 0.25) is 0 Å². The lowest BCUT2D eigenvalue weighted by molar-refractivity contribution is 0.0793. The van der Waals surface area contributed by atoms with Crippen LogP contribution in [0.4, 0.5) is 0 Å². The lowest BCUT2D eigenvalue weighted by atomic mass is 10.2. The summed E-state index contributed by atoms with van der Waals surface area (Å²) in [6, 6.07) is 9.80. The minimum Gasteiger partial charge on any atom is -0.338 e. The highest BCUT2D eigenvalue weighted by Crippen LogP contribution is 2.31. The van der Waals surface area contributed by atoms with Crippen LogP contribution in [0.5, 0.6) is 0 Å². The van der Waals surface area contributed by atoms with Gasteiger partial charge in [0.25, 0.3) is 5.91 Å². The van der Waals surface area contributed by atoms with Gasteiger partial charge in [-0.1, -0.05) is 36.7 Å². The summed E-state index contributed by atoms with van der Waals surface area (Å²) >= 11 is 7.82. The topological polar surface area (TPSA) is 38.1 Å². The first-order valence-corrected chi connectivity index (χ1v) is 9.72. The SMILES string of the molecule is Cc1nn(Cc2ccccc2Cl)c2sc(C(=O)N3CCC(C)C3)cc12. The summed E-state index contributed by atoms with van der Waals surface area (Å²) in [6.07, 6.45) is 1.09. The third kappa shape index (κ3) is 3.07. The van der Waals surface area contributed by atoms with Crippen molar-refractivity contribution in [3.05, 3.63) is 51.5 Å². The molecule has 1 amide bonds. The molecule has 1 fully saturated rings. The van der Waals surface area contributed by atoms with Crippen molar-refractivity contribution >= 4 is 39.1 Å². The molecule has 0 aliphatic carbocycles. The number of rotatable bonds is 3. The Morgan fingerprint density at radius 3 is 2.92 bits per heavy atom.